The third-order valence-electron chi connectivity index (χ3n) is 3.29. The van der Waals surface area contributed by atoms with Crippen molar-refractivity contribution in [1.29, 1.82) is 0 Å². The van der Waals surface area contributed by atoms with Crippen LogP contribution in [0.2, 0.25) is 0 Å². The molecule has 0 radical (unpaired) electrons. The Labute approximate surface area is 108 Å². The van der Waals surface area contributed by atoms with Gasteiger partial charge in [-0.15, -0.1) is 11.6 Å². The molecule has 1 unspecified atom stereocenters. The quantitative estimate of drug-likeness (QED) is 0.722. The zero-order valence-electron chi connectivity index (χ0n) is 10.4. The molecule has 1 aromatic rings. The molecule has 2 nitrogen and oxygen atoms in total. The van der Waals surface area contributed by atoms with Gasteiger partial charge in [-0.2, -0.15) is 0 Å². The smallest absolute Gasteiger partial charge is 0.160 e. The average Bonchev–Trinajstić information content (AvgIpc) is 3.19. The molecule has 3 heteroatoms. The van der Waals surface area contributed by atoms with E-state index >= 15 is 0 Å². The first-order chi connectivity index (χ1) is 8.24. The topological polar surface area (TPSA) is 18.5 Å². The highest BCUT2D eigenvalue weighted by Crippen LogP contribution is 2.38. The molecule has 1 aromatic carbocycles. The highest BCUT2D eigenvalue weighted by atomic mass is 35.5. The van der Waals surface area contributed by atoms with Gasteiger partial charge in [0.2, 0.25) is 0 Å². The monoisotopic (exact) mass is 254 g/mol. The maximum atomic E-state index is 6.30. The summed E-state index contributed by atoms with van der Waals surface area (Å²) in [4.78, 5) is 0. The third kappa shape index (κ3) is 3.29. The minimum absolute atomic E-state index is 0.336. The van der Waals surface area contributed by atoms with Crippen LogP contribution in [0.5, 0.6) is 11.5 Å². The molecule has 1 aliphatic carbocycles. The van der Waals surface area contributed by atoms with Gasteiger partial charge in [0.25, 0.3) is 0 Å². The van der Waals surface area contributed by atoms with Gasteiger partial charge in [0.05, 0.1) is 14.2 Å². The molecular formula is C14H19ClO2. The van der Waals surface area contributed by atoms with E-state index in [1.165, 1.54) is 18.4 Å². The van der Waals surface area contributed by atoms with Crippen molar-refractivity contribution in [3.63, 3.8) is 0 Å². The Kier molecular flexibility index (Phi) is 4.16. The van der Waals surface area contributed by atoms with Crippen molar-refractivity contribution in [2.24, 2.45) is 5.92 Å². The van der Waals surface area contributed by atoms with Gasteiger partial charge in [-0.25, -0.2) is 0 Å². The molecule has 0 spiro atoms. The fourth-order valence-corrected chi connectivity index (χ4v) is 2.40. The number of ether oxygens (including phenoxy) is 2. The van der Waals surface area contributed by atoms with Gasteiger partial charge in [0.15, 0.2) is 11.5 Å². The number of hydrogen-bond donors (Lipinski definition) is 0. The lowest BCUT2D eigenvalue weighted by atomic mass is 10.1. The summed E-state index contributed by atoms with van der Waals surface area (Å²) in [6.45, 7) is 0. The lowest BCUT2D eigenvalue weighted by Gasteiger charge is -2.11. The fraction of sp³-hybridized carbons (Fsp3) is 0.571. The van der Waals surface area contributed by atoms with Crippen molar-refractivity contribution in [2.75, 3.05) is 14.2 Å². The van der Waals surface area contributed by atoms with Crippen molar-refractivity contribution >= 4 is 11.6 Å². The van der Waals surface area contributed by atoms with Crippen LogP contribution in [-0.4, -0.2) is 19.6 Å². The number of benzene rings is 1. The molecule has 0 heterocycles. The number of aryl methyl sites for hydroxylation is 1. The number of rotatable bonds is 6. The van der Waals surface area contributed by atoms with Gasteiger partial charge in [-0.1, -0.05) is 6.07 Å². The van der Waals surface area contributed by atoms with Crippen LogP contribution >= 0.6 is 11.6 Å². The van der Waals surface area contributed by atoms with Gasteiger partial charge in [-0.3, -0.25) is 0 Å². The first-order valence-electron chi connectivity index (χ1n) is 6.09. The molecule has 1 aliphatic rings. The Morgan fingerprint density at radius 1 is 1.24 bits per heavy atom. The van der Waals surface area contributed by atoms with Gasteiger partial charge in [0.1, 0.15) is 0 Å². The zero-order valence-corrected chi connectivity index (χ0v) is 11.2. The second-order valence-electron chi connectivity index (χ2n) is 4.58. The Balaban J connectivity index is 1.95. The van der Waals surface area contributed by atoms with Crippen LogP contribution in [0, 0.1) is 5.92 Å². The summed E-state index contributed by atoms with van der Waals surface area (Å²) in [6, 6.07) is 6.07. The van der Waals surface area contributed by atoms with Crippen molar-refractivity contribution < 1.29 is 9.47 Å². The Hall–Kier alpha value is -0.890. The van der Waals surface area contributed by atoms with E-state index in [-0.39, 0.29) is 0 Å². The largest absolute Gasteiger partial charge is 0.493 e. The molecule has 0 saturated heterocycles. The summed E-state index contributed by atoms with van der Waals surface area (Å²) in [5.41, 5.74) is 1.26. The first kappa shape index (κ1) is 12.6. The van der Waals surface area contributed by atoms with Crippen LogP contribution < -0.4 is 9.47 Å². The minimum Gasteiger partial charge on any atom is -0.493 e. The third-order valence-corrected chi connectivity index (χ3v) is 3.86. The number of halogens is 1. The van der Waals surface area contributed by atoms with Crippen molar-refractivity contribution in [3.8, 4) is 11.5 Å². The Morgan fingerprint density at radius 2 is 1.94 bits per heavy atom. The molecule has 0 N–H and O–H groups in total. The lowest BCUT2D eigenvalue weighted by Crippen LogP contribution is -2.03. The summed E-state index contributed by atoms with van der Waals surface area (Å²) in [5, 5.41) is 0.336. The SMILES string of the molecule is COc1ccc(CCC(Cl)C2CC2)cc1OC. The van der Waals surface area contributed by atoms with Gasteiger partial charge in [0, 0.05) is 5.38 Å². The molecule has 2 rings (SSSR count). The number of alkyl halides is 1. The van der Waals surface area contributed by atoms with E-state index in [2.05, 4.69) is 6.07 Å². The molecular weight excluding hydrogens is 236 g/mol. The van der Waals surface area contributed by atoms with E-state index < -0.39 is 0 Å². The number of methoxy groups -OCH3 is 2. The van der Waals surface area contributed by atoms with E-state index in [4.69, 9.17) is 21.1 Å². The molecule has 0 aromatic heterocycles. The maximum Gasteiger partial charge on any atom is 0.160 e. The van der Waals surface area contributed by atoms with E-state index in [1.54, 1.807) is 14.2 Å². The fourth-order valence-electron chi connectivity index (χ4n) is 2.03. The second-order valence-corrected chi connectivity index (χ2v) is 5.14. The second kappa shape index (κ2) is 5.63. The van der Waals surface area contributed by atoms with E-state index in [1.807, 2.05) is 12.1 Å². The van der Waals surface area contributed by atoms with Crippen LogP contribution in [0.3, 0.4) is 0 Å². The first-order valence-corrected chi connectivity index (χ1v) is 6.53. The molecule has 0 aliphatic heterocycles. The molecule has 94 valence electrons. The molecule has 1 saturated carbocycles. The van der Waals surface area contributed by atoms with Crippen molar-refractivity contribution in [1.82, 2.24) is 0 Å². The number of hydrogen-bond acceptors (Lipinski definition) is 2. The average molecular weight is 255 g/mol. The normalized spacial score (nSPS) is 16.6. The lowest BCUT2D eigenvalue weighted by molar-refractivity contribution is 0.354. The van der Waals surface area contributed by atoms with Crippen molar-refractivity contribution in [3.05, 3.63) is 23.8 Å². The molecule has 0 amide bonds. The zero-order chi connectivity index (χ0) is 12.3. The Morgan fingerprint density at radius 3 is 2.53 bits per heavy atom. The standard InChI is InChI=1S/C14H19ClO2/c1-16-13-8-4-10(9-14(13)17-2)3-7-12(15)11-5-6-11/h4,8-9,11-12H,3,5-7H2,1-2H3. The van der Waals surface area contributed by atoms with Gasteiger partial charge >= 0.3 is 0 Å². The van der Waals surface area contributed by atoms with E-state index in [0.29, 0.717) is 5.38 Å². The molecule has 17 heavy (non-hydrogen) atoms. The Bertz CT molecular complexity index is 374. The summed E-state index contributed by atoms with van der Waals surface area (Å²) in [6.07, 6.45) is 4.66. The highest BCUT2D eigenvalue weighted by Gasteiger charge is 2.29. The van der Waals surface area contributed by atoms with Crippen LogP contribution in [0.15, 0.2) is 18.2 Å². The maximum absolute atomic E-state index is 6.30. The van der Waals surface area contributed by atoms with Crippen LogP contribution in [-0.2, 0) is 6.42 Å². The van der Waals surface area contributed by atoms with E-state index in [9.17, 15) is 0 Å². The molecule has 0 bridgehead atoms. The highest BCUT2D eigenvalue weighted by molar-refractivity contribution is 6.20. The molecule has 1 fully saturated rings. The summed E-state index contributed by atoms with van der Waals surface area (Å²) < 4.78 is 10.5. The van der Waals surface area contributed by atoms with Crippen LogP contribution in [0.1, 0.15) is 24.8 Å². The van der Waals surface area contributed by atoms with Crippen LogP contribution in [0.25, 0.3) is 0 Å². The minimum atomic E-state index is 0.336. The predicted molar refractivity (Wildman–Crippen MR) is 70.2 cm³/mol. The van der Waals surface area contributed by atoms with Crippen LogP contribution in [0.4, 0.5) is 0 Å². The summed E-state index contributed by atoms with van der Waals surface area (Å²) >= 11 is 6.30. The summed E-state index contributed by atoms with van der Waals surface area (Å²) in [7, 11) is 3.32. The molecule has 1 atom stereocenters. The van der Waals surface area contributed by atoms with E-state index in [0.717, 1.165) is 30.3 Å². The van der Waals surface area contributed by atoms with Crippen molar-refractivity contribution in [2.45, 2.75) is 31.1 Å². The van der Waals surface area contributed by atoms with Gasteiger partial charge < -0.3 is 9.47 Å². The predicted octanol–water partition coefficient (Wildman–Crippen LogP) is 3.65. The summed E-state index contributed by atoms with van der Waals surface area (Å²) in [5.74, 6) is 2.33. The van der Waals surface area contributed by atoms with Gasteiger partial charge in [-0.05, 0) is 49.3 Å².